The van der Waals surface area contributed by atoms with E-state index in [0.29, 0.717) is 33.1 Å². The van der Waals surface area contributed by atoms with E-state index in [2.05, 4.69) is 15.3 Å². The third-order valence-electron chi connectivity index (χ3n) is 2.91. The molecule has 0 aliphatic carbocycles. The maximum absolute atomic E-state index is 11.9. The van der Waals surface area contributed by atoms with E-state index < -0.39 is 18.0 Å². The second-order valence-electron chi connectivity index (χ2n) is 4.38. The van der Waals surface area contributed by atoms with Gasteiger partial charge in [-0.3, -0.25) is 4.79 Å². The summed E-state index contributed by atoms with van der Waals surface area (Å²) in [5, 5.41) is 12.4. The van der Waals surface area contributed by atoms with Crippen molar-refractivity contribution in [3.05, 3.63) is 16.8 Å². The molecule has 2 heterocycles. The van der Waals surface area contributed by atoms with Crippen LogP contribution >= 0.6 is 23.7 Å². The molecule has 7 nitrogen and oxygen atoms in total. The minimum absolute atomic E-state index is 0. The Morgan fingerprint density at radius 1 is 1.45 bits per heavy atom. The summed E-state index contributed by atoms with van der Waals surface area (Å²) >= 11 is 1.21. The van der Waals surface area contributed by atoms with Crippen molar-refractivity contribution in [3.8, 4) is 0 Å². The molecule has 2 aromatic rings. The Labute approximate surface area is 137 Å². The highest BCUT2D eigenvalue weighted by atomic mass is 35.5. The van der Waals surface area contributed by atoms with E-state index in [4.69, 9.17) is 9.84 Å². The first-order valence-corrected chi connectivity index (χ1v) is 7.17. The highest BCUT2D eigenvalue weighted by Gasteiger charge is 2.21. The summed E-state index contributed by atoms with van der Waals surface area (Å²) in [5.41, 5.74) is 0.689. The molecule has 1 unspecified atom stereocenters. The number of carbonyl (C=O) groups excluding carboxylic acids is 1. The summed E-state index contributed by atoms with van der Waals surface area (Å²) in [4.78, 5) is 32.1. The van der Waals surface area contributed by atoms with Gasteiger partial charge in [-0.2, -0.15) is 0 Å². The minimum atomic E-state index is -0.986. The first-order chi connectivity index (χ1) is 9.95. The average Bonchev–Trinajstić information content (AvgIpc) is 2.77. The van der Waals surface area contributed by atoms with Gasteiger partial charge in [-0.25, -0.2) is 14.8 Å². The highest BCUT2D eigenvalue weighted by molar-refractivity contribution is 7.20. The highest BCUT2D eigenvalue weighted by Crippen LogP contribution is 2.33. The number of aliphatic carboxylic acids is 1. The molecular formula is C13H16ClN3O4S. The lowest BCUT2D eigenvalue weighted by Gasteiger charge is -2.10. The number of thiophene rings is 1. The summed E-state index contributed by atoms with van der Waals surface area (Å²) in [5.74, 6) is -0.991. The van der Waals surface area contributed by atoms with E-state index in [-0.39, 0.29) is 12.4 Å². The van der Waals surface area contributed by atoms with E-state index in [0.717, 1.165) is 0 Å². The van der Waals surface area contributed by atoms with Gasteiger partial charge < -0.3 is 15.2 Å². The maximum atomic E-state index is 11.9. The Balaban J connectivity index is 0.00000242. The number of anilines is 1. The van der Waals surface area contributed by atoms with Gasteiger partial charge in [-0.15, -0.1) is 23.7 Å². The van der Waals surface area contributed by atoms with Crippen molar-refractivity contribution < 1.29 is 19.4 Å². The molecule has 0 spiro atoms. The summed E-state index contributed by atoms with van der Waals surface area (Å²) < 4.78 is 5.01. The molecule has 0 aromatic carbocycles. The standard InChI is InChI=1S/C13H15N3O4S.ClH/c1-4-20-13(19)9-6(2)8-10(16-7(3)12(17)18)14-5-15-11(8)21-9;/h5,7H,4H2,1-3H3,(H,17,18)(H,14,15,16);1H. The summed E-state index contributed by atoms with van der Waals surface area (Å²) in [6.45, 7) is 5.32. The van der Waals surface area contributed by atoms with Crippen LogP contribution < -0.4 is 5.32 Å². The lowest BCUT2D eigenvalue weighted by atomic mass is 10.2. The number of halogens is 1. The zero-order chi connectivity index (χ0) is 15.6. The van der Waals surface area contributed by atoms with Crippen LogP contribution in [0.25, 0.3) is 10.2 Å². The van der Waals surface area contributed by atoms with Gasteiger partial charge in [0.05, 0.1) is 12.0 Å². The van der Waals surface area contributed by atoms with Gasteiger partial charge in [0.25, 0.3) is 0 Å². The van der Waals surface area contributed by atoms with E-state index in [9.17, 15) is 9.59 Å². The van der Waals surface area contributed by atoms with Crippen LogP contribution in [0.4, 0.5) is 5.82 Å². The number of carbonyl (C=O) groups is 2. The fourth-order valence-corrected chi connectivity index (χ4v) is 2.88. The molecule has 22 heavy (non-hydrogen) atoms. The number of nitrogens with one attached hydrogen (secondary N) is 1. The third kappa shape index (κ3) is 3.45. The SMILES string of the molecule is CCOC(=O)c1sc2ncnc(NC(C)C(=O)O)c2c1C.Cl. The molecule has 0 fully saturated rings. The number of esters is 1. The number of ether oxygens (including phenoxy) is 1. The molecule has 0 saturated carbocycles. The molecule has 2 N–H and O–H groups in total. The molecule has 0 aliphatic heterocycles. The predicted octanol–water partition coefficient (Wildman–Crippen LogP) is 2.48. The normalized spacial score (nSPS) is 11.6. The van der Waals surface area contributed by atoms with Gasteiger partial charge >= 0.3 is 11.9 Å². The Kier molecular flexibility index (Phi) is 6.07. The van der Waals surface area contributed by atoms with Gasteiger partial charge in [-0.05, 0) is 26.3 Å². The van der Waals surface area contributed by atoms with Gasteiger partial charge in [-0.1, -0.05) is 0 Å². The number of carboxylic acid groups (broad SMARTS) is 1. The van der Waals surface area contributed by atoms with Gasteiger partial charge in [0.2, 0.25) is 0 Å². The Morgan fingerprint density at radius 2 is 2.14 bits per heavy atom. The van der Waals surface area contributed by atoms with E-state index >= 15 is 0 Å². The number of hydrogen-bond donors (Lipinski definition) is 2. The number of aryl methyl sites for hydroxylation is 1. The molecule has 2 aromatic heterocycles. The van der Waals surface area contributed by atoms with Crippen LogP contribution in [0.5, 0.6) is 0 Å². The van der Waals surface area contributed by atoms with Gasteiger partial charge in [0.1, 0.15) is 27.9 Å². The molecule has 0 aliphatic rings. The molecule has 0 bridgehead atoms. The molecule has 120 valence electrons. The Hall–Kier alpha value is -1.93. The molecule has 2 rings (SSSR count). The van der Waals surface area contributed by atoms with Crippen molar-refractivity contribution in [1.82, 2.24) is 9.97 Å². The zero-order valence-electron chi connectivity index (χ0n) is 12.2. The molecule has 0 amide bonds. The zero-order valence-corrected chi connectivity index (χ0v) is 13.9. The van der Waals surface area contributed by atoms with Crippen LogP contribution in [0, 0.1) is 6.92 Å². The quantitative estimate of drug-likeness (QED) is 0.802. The van der Waals surface area contributed by atoms with Crippen LogP contribution in [-0.4, -0.2) is 39.7 Å². The van der Waals surface area contributed by atoms with Gasteiger partial charge in [0.15, 0.2) is 0 Å². The van der Waals surface area contributed by atoms with Crippen molar-refractivity contribution in [2.75, 3.05) is 11.9 Å². The Morgan fingerprint density at radius 3 is 2.73 bits per heavy atom. The number of aromatic nitrogens is 2. The number of rotatable bonds is 5. The van der Waals surface area contributed by atoms with Gasteiger partial charge in [0, 0.05) is 0 Å². The van der Waals surface area contributed by atoms with Crippen LogP contribution in [0.1, 0.15) is 29.1 Å². The Bertz CT molecular complexity index is 704. The fraction of sp³-hybridized carbons (Fsp3) is 0.385. The number of carboxylic acids is 1. The molecular weight excluding hydrogens is 330 g/mol. The van der Waals surface area contributed by atoms with Crippen LogP contribution in [-0.2, 0) is 9.53 Å². The second-order valence-corrected chi connectivity index (χ2v) is 5.38. The fourth-order valence-electron chi connectivity index (χ4n) is 1.84. The van der Waals surface area contributed by atoms with Crippen LogP contribution in [0.2, 0.25) is 0 Å². The molecule has 9 heteroatoms. The largest absolute Gasteiger partial charge is 0.480 e. The first-order valence-electron chi connectivity index (χ1n) is 6.36. The molecule has 1 atom stereocenters. The average molecular weight is 346 g/mol. The van der Waals surface area contributed by atoms with Crippen molar-refractivity contribution >= 4 is 51.7 Å². The van der Waals surface area contributed by atoms with Crippen LogP contribution in [0.15, 0.2) is 6.33 Å². The summed E-state index contributed by atoms with van der Waals surface area (Å²) in [7, 11) is 0. The van der Waals surface area contributed by atoms with E-state index in [1.807, 2.05) is 0 Å². The second kappa shape index (κ2) is 7.37. The predicted molar refractivity (Wildman–Crippen MR) is 86.1 cm³/mol. The number of hydrogen-bond acceptors (Lipinski definition) is 7. The van der Waals surface area contributed by atoms with Crippen molar-refractivity contribution in [3.63, 3.8) is 0 Å². The van der Waals surface area contributed by atoms with Crippen molar-refractivity contribution in [2.24, 2.45) is 0 Å². The lowest BCUT2D eigenvalue weighted by molar-refractivity contribution is -0.137. The van der Waals surface area contributed by atoms with Crippen LogP contribution in [0.3, 0.4) is 0 Å². The first kappa shape index (κ1) is 18.1. The van der Waals surface area contributed by atoms with Crippen molar-refractivity contribution in [1.29, 1.82) is 0 Å². The molecule has 0 radical (unpaired) electrons. The number of nitrogens with zero attached hydrogens (tertiary/aromatic N) is 2. The van der Waals surface area contributed by atoms with E-state index in [1.165, 1.54) is 24.6 Å². The topological polar surface area (TPSA) is 101 Å². The minimum Gasteiger partial charge on any atom is -0.480 e. The maximum Gasteiger partial charge on any atom is 0.348 e. The summed E-state index contributed by atoms with van der Waals surface area (Å²) in [6.07, 6.45) is 1.34. The molecule has 0 saturated heterocycles. The number of fused-ring (bicyclic) bond motifs is 1. The summed E-state index contributed by atoms with van der Waals surface area (Å²) in [6, 6.07) is -0.798. The van der Waals surface area contributed by atoms with Crippen molar-refractivity contribution in [2.45, 2.75) is 26.8 Å². The lowest BCUT2D eigenvalue weighted by Crippen LogP contribution is -2.26. The van der Waals surface area contributed by atoms with E-state index in [1.54, 1.807) is 13.8 Å². The monoisotopic (exact) mass is 345 g/mol. The smallest absolute Gasteiger partial charge is 0.348 e. The third-order valence-corrected chi connectivity index (χ3v) is 4.09.